The van der Waals surface area contributed by atoms with Crippen molar-refractivity contribution in [3.8, 4) is 0 Å². The maximum Gasteiger partial charge on any atom is 0.0323 e. The third-order valence-electron chi connectivity index (χ3n) is 3.90. The lowest BCUT2D eigenvalue weighted by molar-refractivity contribution is 0.364. The fraction of sp³-hybridized carbons (Fsp3) is 0.688. The molecular weight excluding hydrogens is 220 g/mol. The molecule has 2 nitrogen and oxygen atoms in total. The second-order valence-electron chi connectivity index (χ2n) is 5.23. The van der Waals surface area contributed by atoms with Gasteiger partial charge in [0.2, 0.25) is 0 Å². The Morgan fingerprint density at radius 3 is 2.67 bits per heavy atom. The van der Waals surface area contributed by atoms with Crippen LogP contribution >= 0.6 is 0 Å². The number of nitrogens with zero attached hydrogens (tertiary/aromatic N) is 1. The minimum Gasteiger partial charge on any atom is -0.313 e. The molecule has 2 heteroatoms. The van der Waals surface area contributed by atoms with Crippen molar-refractivity contribution in [2.45, 2.75) is 58.9 Å². The lowest BCUT2D eigenvalue weighted by Crippen LogP contribution is -2.21. The molecule has 0 saturated carbocycles. The van der Waals surface area contributed by atoms with E-state index in [1.54, 1.807) is 0 Å². The van der Waals surface area contributed by atoms with Gasteiger partial charge in [0.05, 0.1) is 0 Å². The summed E-state index contributed by atoms with van der Waals surface area (Å²) in [5.41, 5.74) is 2.70. The highest BCUT2D eigenvalue weighted by molar-refractivity contribution is 5.25. The lowest BCUT2D eigenvalue weighted by atomic mass is 9.88. The van der Waals surface area contributed by atoms with Crippen molar-refractivity contribution in [1.82, 2.24) is 10.3 Å². The van der Waals surface area contributed by atoms with E-state index < -0.39 is 0 Å². The first kappa shape index (κ1) is 15.2. The first-order valence-electron chi connectivity index (χ1n) is 7.30. The molecule has 0 spiro atoms. The van der Waals surface area contributed by atoms with Crippen LogP contribution in [0.15, 0.2) is 18.5 Å². The van der Waals surface area contributed by atoms with Gasteiger partial charge in [-0.25, -0.2) is 0 Å². The Labute approximate surface area is 112 Å². The van der Waals surface area contributed by atoms with E-state index in [4.69, 9.17) is 0 Å². The largest absolute Gasteiger partial charge is 0.313 e. The van der Waals surface area contributed by atoms with E-state index in [1.165, 1.54) is 43.2 Å². The molecular formula is C16H28N2. The normalized spacial score (nSPS) is 14.4. The number of nitrogens with one attached hydrogen (secondary N) is 1. The van der Waals surface area contributed by atoms with Gasteiger partial charge in [-0.1, -0.05) is 39.5 Å². The van der Waals surface area contributed by atoms with Crippen molar-refractivity contribution < 1.29 is 0 Å². The van der Waals surface area contributed by atoms with Gasteiger partial charge in [0.25, 0.3) is 0 Å². The summed E-state index contributed by atoms with van der Waals surface area (Å²) >= 11 is 0. The monoisotopic (exact) mass is 248 g/mol. The van der Waals surface area contributed by atoms with Gasteiger partial charge in [0.15, 0.2) is 0 Å². The minimum absolute atomic E-state index is 0.467. The summed E-state index contributed by atoms with van der Waals surface area (Å²) in [6.45, 7) is 6.74. The second-order valence-corrected chi connectivity index (χ2v) is 5.23. The van der Waals surface area contributed by atoms with Crippen LogP contribution in [0.3, 0.4) is 0 Å². The molecule has 2 unspecified atom stereocenters. The molecule has 1 rings (SSSR count). The predicted molar refractivity (Wildman–Crippen MR) is 78.7 cm³/mol. The van der Waals surface area contributed by atoms with Crippen LogP contribution in [0.1, 0.15) is 63.1 Å². The summed E-state index contributed by atoms with van der Waals surface area (Å²) in [5, 5.41) is 3.47. The first-order valence-corrected chi connectivity index (χ1v) is 7.30. The van der Waals surface area contributed by atoms with Crippen LogP contribution in [0.5, 0.6) is 0 Å². The molecule has 18 heavy (non-hydrogen) atoms. The predicted octanol–water partition coefficient (Wildman–Crippen LogP) is 4.26. The average molecular weight is 248 g/mol. The third kappa shape index (κ3) is 4.41. The highest BCUT2D eigenvalue weighted by atomic mass is 14.9. The Bertz CT molecular complexity index is 336. The van der Waals surface area contributed by atoms with Crippen molar-refractivity contribution in [3.63, 3.8) is 0 Å². The zero-order valence-corrected chi connectivity index (χ0v) is 12.4. The number of pyridine rings is 1. The number of unbranched alkanes of at least 4 members (excludes halogenated alkanes) is 1. The maximum absolute atomic E-state index is 4.18. The molecule has 0 aliphatic heterocycles. The molecule has 0 amide bonds. The molecule has 1 N–H and O–H groups in total. The van der Waals surface area contributed by atoms with E-state index in [-0.39, 0.29) is 0 Å². The highest BCUT2D eigenvalue weighted by Gasteiger charge is 2.16. The topological polar surface area (TPSA) is 24.9 Å². The minimum atomic E-state index is 0.467. The summed E-state index contributed by atoms with van der Waals surface area (Å²) < 4.78 is 0. The summed E-state index contributed by atoms with van der Waals surface area (Å²) in [6, 6.07) is 2.62. The number of hydrogen-bond donors (Lipinski definition) is 1. The van der Waals surface area contributed by atoms with Crippen LogP contribution in [0, 0.1) is 12.8 Å². The highest BCUT2D eigenvalue weighted by Crippen LogP contribution is 2.27. The van der Waals surface area contributed by atoms with Gasteiger partial charge in [-0.3, -0.25) is 4.98 Å². The van der Waals surface area contributed by atoms with Gasteiger partial charge < -0.3 is 5.32 Å². The van der Waals surface area contributed by atoms with E-state index in [0.29, 0.717) is 6.04 Å². The van der Waals surface area contributed by atoms with Crippen LogP contribution in [-0.4, -0.2) is 12.0 Å². The summed E-state index contributed by atoms with van der Waals surface area (Å²) in [5.74, 6) is 0.829. The summed E-state index contributed by atoms with van der Waals surface area (Å²) in [6.07, 6.45) is 10.4. The Hall–Kier alpha value is -0.890. The first-order chi connectivity index (χ1) is 8.72. The Morgan fingerprint density at radius 2 is 2.11 bits per heavy atom. The summed E-state index contributed by atoms with van der Waals surface area (Å²) in [4.78, 5) is 4.18. The fourth-order valence-corrected chi connectivity index (χ4v) is 2.59. The Kier molecular flexibility index (Phi) is 6.96. The molecule has 0 aromatic carbocycles. The van der Waals surface area contributed by atoms with Crippen LogP contribution in [-0.2, 0) is 0 Å². The van der Waals surface area contributed by atoms with Gasteiger partial charge in [-0.05, 0) is 43.5 Å². The van der Waals surface area contributed by atoms with Crippen LogP contribution < -0.4 is 5.32 Å². The summed E-state index contributed by atoms with van der Waals surface area (Å²) in [7, 11) is 2.07. The van der Waals surface area contributed by atoms with Gasteiger partial charge in [-0.15, -0.1) is 0 Å². The zero-order valence-electron chi connectivity index (χ0n) is 12.4. The quantitative estimate of drug-likeness (QED) is 0.743. The number of aryl methyl sites for hydroxylation is 1. The van der Waals surface area contributed by atoms with Crippen LogP contribution in [0.4, 0.5) is 0 Å². The zero-order chi connectivity index (χ0) is 13.4. The molecule has 0 aliphatic rings. The van der Waals surface area contributed by atoms with E-state index in [9.17, 15) is 0 Å². The third-order valence-corrected chi connectivity index (χ3v) is 3.90. The van der Waals surface area contributed by atoms with Crippen LogP contribution in [0.2, 0.25) is 0 Å². The molecule has 1 aromatic rings. The van der Waals surface area contributed by atoms with Crippen LogP contribution in [0.25, 0.3) is 0 Å². The number of aromatic nitrogens is 1. The average Bonchev–Trinajstić information content (AvgIpc) is 2.40. The van der Waals surface area contributed by atoms with Gasteiger partial charge in [0, 0.05) is 18.4 Å². The van der Waals surface area contributed by atoms with Gasteiger partial charge in [-0.2, -0.15) is 0 Å². The van der Waals surface area contributed by atoms with Crippen molar-refractivity contribution in [1.29, 1.82) is 0 Å². The van der Waals surface area contributed by atoms with Gasteiger partial charge in [0.1, 0.15) is 0 Å². The molecule has 0 fully saturated rings. The SMILES string of the molecule is CCCCC(CC)CC(NC)c1ccncc1C. The number of rotatable bonds is 8. The smallest absolute Gasteiger partial charge is 0.0323 e. The molecule has 0 aliphatic carbocycles. The second kappa shape index (κ2) is 8.25. The molecule has 0 bridgehead atoms. The van der Waals surface area contributed by atoms with E-state index in [1.807, 2.05) is 12.4 Å². The van der Waals surface area contributed by atoms with Crippen molar-refractivity contribution in [3.05, 3.63) is 29.6 Å². The standard InChI is InChI=1S/C16H28N2/c1-5-7-8-14(6-2)11-16(17-4)15-9-10-18-12-13(15)3/h9-10,12,14,16-17H,5-8,11H2,1-4H3. The molecule has 1 heterocycles. The maximum atomic E-state index is 4.18. The molecule has 0 saturated heterocycles. The van der Waals surface area contributed by atoms with Crippen molar-refractivity contribution >= 4 is 0 Å². The fourth-order valence-electron chi connectivity index (χ4n) is 2.59. The molecule has 0 radical (unpaired) electrons. The lowest BCUT2D eigenvalue weighted by Gasteiger charge is -2.24. The van der Waals surface area contributed by atoms with Gasteiger partial charge >= 0.3 is 0 Å². The van der Waals surface area contributed by atoms with Crippen molar-refractivity contribution in [2.24, 2.45) is 5.92 Å². The van der Waals surface area contributed by atoms with E-state index >= 15 is 0 Å². The van der Waals surface area contributed by atoms with E-state index in [0.717, 1.165) is 5.92 Å². The molecule has 2 atom stereocenters. The number of hydrogen-bond acceptors (Lipinski definition) is 2. The molecule has 102 valence electrons. The Balaban J connectivity index is 2.68. The Morgan fingerprint density at radius 1 is 1.33 bits per heavy atom. The molecule has 1 aromatic heterocycles. The van der Waals surface area contributed by atoms with Crippen molar-refractivity contribution in [2.75, 3.05) is 7.05 Å². The van der Waals surface area contributed by atoms with E-state index in [2.05, 4.69) is 44.2 Å².